The summed E-state index contributed by atoms with van der Waals surface area (Å²) in [5.41, 5.74) is -0.894. The Labute approximate surface area is 183 Å². The van der Waals surface area contributed by atoms with Crippen LogP contribution in [0, 0.1) is 29.2 Å². The molecule has 0 spiro atoms. The molecule has 2 unspecified atom stereocenters. The van der Waals surface area contributed by atoms with Crippen LogP contribution < -0.4 is 19.9 Å². The number of nitrogens with two attached hydrogens (primary N) is 1. The van der Waals surface area contributed by atoms with Gasteiger partial charge in [-0.3, -0.25) is 10.3 Å². The fourth-order valence-corrected chi connectivity index (χ4v) is 7.39. The quantitative estimate of drug-likeness (QED) is 0.299. The van der Waals surface area contributed by atoms with Crippen LogP contribution in [-0.2, 0) is 10.0 Å². The van der Waals surface area contributed by atoms with Gasteiger partial charge in [-0.1, -0.05) is 6.07 Å². The zero-order valence-corrected chi connectivity index (χ0v) is 19.0. The minimum absolute atomic E-state index is 0.0459. The van der Waals surface area contributed by atoms with E-state index in [1.807, 2.05) is 38.2 Å². The molecule has 0 aromatic heterocycles. The highest BCUT2D eigenvalue weighted by Crippen LogP contribution is 2.59. The highest BCUT2D eigenvalue weighted by atomic mass is 32.2. The minimum atomic E-state index is -3.61. The van der Waals surface area contributed by atoms with E-state index in [0.29, 0.717) is 42.5 Å². The van der Waals surface area contributed by atoms with Crippen LogP contribution in [0.4, 0.5) is 0 Å². The Morgan fingerprint density at radius 1 is 1.26 bits per heavy atom. The molecular formula is C22H30N4O4S. The van der Waals surface area contributed by atoms with E-state index in [1.165, 1.54) is 0 Å². The van der Waals surface area contributed by atoms with Crippen LogP contribution in [0.2, 0.25) is 0 Å². The lowest BCUT2D eigenvalue weighted by Crippen LogP contribution is -2.61. The zero-order chi connectivity index (χ0) is 22.4. The van der Waals surface area contributed by atoms with Gasteiger partial charge >= 0.3 is 0 Å². The number of primary sulfonamides is 1. The third-order valence-electron chi connectivity index (χ3n) is 7.21. The Kier molecular flexibility index (Phi) is 5.42. The number of sulfonamides is 1. The topological polar surface area (TPSA) is 127 Å². The zero-order valence-electron chi connectivity index (χ0n) is 18.2. The number of hydrogen-bond acceptors (Lipinski definition) is 6. The molecule has 8 nitrogen and oxygen atoms in total. The van der Waals surface area contributed by atoms with Crippen LogP contribution in [0.5, 0.6) is 11.5 Å². The van der Waals surface area contributed by atoms with Crippen LogP contribution in [-0.4, -0.2) is 37.8 Å². The number of benzene rings is 1. The smallest absolute Gasteiger partial charge is 0.214 e. The molecule has 4 fully saturated rings. The average Bonchev–Trinajstić information content (AvgIpc) is 2.68. The number of amidine groups is 1. The molecule has 0 saturated heterocycles. The van der Waals surface area contributed by atoms with Gasteiger partial charge in [0.25, 0.3) is 0 Å². The lowest BCUT2D eigenvalue weighted by molar-refractivity contribution is 0.0138. The summed E-state index contributed by atoms with van der Waals surface area (Å²) in [6.07, 6.45) is 5.66. The Hall–Kier alpha value is -2.31. The van der Waals surface area contributed by atoms with E-state index in [-0.39, 0.29) is 17.9 Å². The average molecular weight is 447 g/mol. The molecule has 31 heavy (non-hydrogen) atoms. The van der Waals surface area contributed by atoms with Crippen molar-refractivity contribution in [1.29, 1.82) is 5.26 Å². The Bertz CT molecular complexity index is 1010. The van der Waals surface area contributed by atoms with Crippen LogP contribution in [0.25, 0.3) is 0 Å². The van der Waals surface area contributed by atoms with E-state index >= 15 is 0 Å². The van der Waals surface area contributed by atoms with Gasteiger partial charge in [0.2, 0.25) is 10.0 Å². The summed E-state index contributed by atoms with van der Waals surface area (Å²) in [6.45, 7) is 3.72. The molecule has 168 valence electrons. The van der Waals surface area contributed by atoms with Gasteiger partial charge in [-0.25, -0.2) is 13.6 Å². The van der Waals surface area contributed by atoms with Gasteiger partial charge in [0.1, 0.15) is 11.5 Å². The van der Waals surface area contributed by atoms with E-state index in [0.717, 1.165) is 12.8 Å². The molecule has 1 aromatic carbocycles. The van der Waals surface area contributed by atoms with E-state index in [9.17, 15) is 13.7 Å². The lowest BCUT2D eigenvalue weighted by atomic mass is 9.54. The third kappa shape index (κ3) is 3.99. The number of hydrogen-bond donors (Lipinski definition) is 2. The fraction of sp³-hybridized carbons (Fsp3) is 0.636. The molecule has 4 aliphatic rings. The van der Waals surface area contributed by atoms with Crippen molar-refractivity contribution < 1.29 is 17.9 Å². The fourth-order valence-electron chi connectivity index (χ4n) is 6.03. The van der Waals surface area contributed by atoms with Crippen LogP contribution >= 0.6 is 0 Å². The first-order valence-electron chi connectivity index (χ1n) is 10.7. The summed E-state index contributed by atoms with van der Waals surface area (Å²) in [7, 11) is -2.02. The van der Waals surface area contributed by atoms with E-state index in [4.69, 9.17) is 19.6 Å². The second-order valence-electron chi connectivity index (χ2n) is 9.69. The molecule has 0 radical (unpaired) electrons. The Morgan fingerprint density at radius 2 is 1.90 bits per heavy atom. The van der Waals surface area contributed by atoms with Gasteiger partial charge in [0, 0.05) is 6.07 Å². The maximum absolute atomic E-state index is 12.4. The van der Waals surface area contributed by atoms with Crippen molar-refractivity contribution >= 4 is 15.9 Å². The van der Waals surface area contributed by atoms with E-state index in [1.54, 1.807) is 13.2 Å². The number of rotatable bonds is 6. The largest absolute Gasteiger partial charge is 0.497 e. The maximum atomic E-state index is 12.4. The number of aliphatic imine (C=N–C) groups is 1. The molecule has 0 amide bonds. The first-order valence-corrected chi connectivity index (χ1v) is 12.2. The minimum Gasteiger partial charge on any atom is -0.497 e. The standard InChI is InChI=1S/C22H30N4O4S/c1-21(2,30-18-6-4-5-17(9-18)29-3)20(25-13-23)26-19-15-7-14-8-16(19)12-22(10-14,11-15)31(24,27)28/h4-6,9,14-16,19H,7-8,10-12H2,1-3H3,(H,25,26)(H2,24,27,28). The second-order valence-corrected chi connectivity index (χ2v) is 11.7. The summed E-state index contributed by atoms with van der Waals surface area (Å²) in [5.74, 6) is 2.40. The van der Waals surface area contributed by atoms with Crippen LogP contribution in [0.1, 0.15) is 46.0 Å². The number of ether oxygens (including phenoxy) is 2. The molecule has 4 saturated carbocycles. The summed E-state index contributed by atoms with van der Waals surface area (Å²) in [6, 6.07) is 7.23. The lowest BCUT2D eigenvalue weighted by Gasteiger charge is -2.57. The molecule has 2 atom stereocenters. The van der Waals surface area contributed by atoms with Crippen molar-refractivity contribution in [2.24, 2.45) is 27.9 Å². The molecule has 9 heteroatoms. The second kappa shape index (κ2) is 7.68. The Balaban J connectivity index is 1.61. The van der Waals surface area contributed by atoms with Gasteiger partial charge in [-0.2, -0.15) is 5.26 Å². The molecular weight excluding hydrogens is 416 g/mol. The maximum Gasteiger partial charge on any atom is 0.214 e. The van der Waals surface area contributed by atoms with Gasteiger partial charge in [0.05, 0.1) is 17.9 Å². The highest BCUT2D eigenvalue weighted by molar-refractivity contribution is 7.90. The van der Waals surface area contributed by atoms with Gasteiger partial charge in [-0.05, 0) is 75.8 Å². The first-order chi connectivity index (χ1) is 14.6. The van der Waals surface area contributed by atoms with Gasteiger partial charge in [0.15, 0.2) is 17.6 Å². The number of nitrogens with zero attached hydrogens (tertiary/aromatic N) is 2. The molecule has 0 aliphatic heterocycles. The molecule has 5 rings (SSSR count). The summed E-state index contributed by atoms with van der Waals surface area (Å²) < 4.78 is 35.4. The molecule has 4 bridgehead atoms. The predicted octanol–water partition coefficient (Wildman–Crippen LogP) is 2.56. The monoisotopic (exact) mass is 446 g/mol. The summed E-state index contributed by atoms with van der Waals surface area (Å²) in [5, 5.41) is 17.7. The predicted molar refractivity (Wildman–Crippen MR) is 117 cm³/mol. The molecule has 3 N–H and O–H groups in total. The molecule has 0 heterocycles. The SMILES string of the molecule is COc1cccc(OC(C)(C)C(=NC2C3CC4CC2CC(S(N)(=O)=O)(C4)C3)NC#N)c1. The van der Waals surface area contributed by atoms with Crippen LogP contribution in [0.15, 0.2) is 29.3 Å². The number of nitrogens with one attached hydrogen (secondary N) is 1. The van der Waals surface area contributed by atoms with Crippen molar-refractivity contribution in [3.63, 3.8) is 0 Å². The number of methoxy groups -OCH3 is 1. The Morgan fingerprint density at radius 3 is 2.48 bits per heavy atom. The third-order valence-corrected chi connectivity index (χ3v) is 8.91. The molecule has 4 aliphatic carbocycles. The summed E-state index contributed by atoms with van der Waals surface area (Å²) in [4.78, 5) is 4.98. The number of nitriles is 1. The van der Waals surface area contributed by atoms with Crippen molar-refractivity contribution in [3.05, 3.63) is 24.3 Å². The van der Waals surface area contributed by atoms with E-state index < -0.39 is 20.4 Å². The van der Waals surface area contributed by atoms with Crippen molar-refractivity contribution in [2.75, 3.05) is 7.11 Å². The van der Waals surface area contributed by atoms with Crippen molar-refractivity contribution in [3.8, 4) is 17.7 Å². The van der Waals surface area contributed by atoms with Gasteiger partial charge in [-0.15, -0.1) is 0 Å². The van der Waals surface area contributed by atoms with E-state index in [2.05, 4.69) is 5.32 Å². The van der Waals surface area contributed by atoms with Crippen molar-refractivity contribution in [1.82, 2.24) is 5.32 Å². The highest BCUT2D eigenvalue weighted by Gasteiger charge is 2.60. The molecule has 1 aromatic rings. The van der Waals surface area contributed by atoms with Gasteiger partial charge < -0.3 is 9.47 Å². The summed E-state index contributed by atoms with van der Waals surface area (Å²) >= 11 is 0. The first kappa shape index (κ1) is 21.9. The van der Waals surface area contributed by atoms with Crippen LogP contribution in [0.3, 0.4) is 0 Å². The van der Waals surface area contributed by atoms with Crippen molar-refractivity contribution in [2.45, 2.75) is 62.3 Å². The normalized spacial score (nSPS) is 32.4.